The van der Waals surface area contributed by atoms with Gasteiger partial charge in [-0.25, -0.2) is 0 Å². The van der Waals surface area contributed by atoms with Crippen LogP contribution >= 0.6 is 0 Å². The zero-order valence-corrected chi connectivity index (χ0v) is 15.3. The third-order valence-corrected chi connectivity index (χ3v) is 3.24. The van der Waals surface area contributed by atoms with Crippen molar-refractivity contribution >= 4 is 11.8 Å². The number of amides is 2. The van der Waals surface area contributed by atoms with E-state index in [2.05, 4.69) is 10.6 Å². The molecule has 0 unspecified atom stereocenters. The van der Waals surface area contributed by atoms with Crippen molar-refractivity contribution in [3.05, 3.63) is 29.8 Å². The van der Waals surface area contributed by atoms with Crippen LogP contribution in [0.15, 0.2) is 24.3 Å². The first kappa shape index (κ1) is 20.0. The quantitative estimate of drug-likeness (QED) is 0.749. The summed E-state index contributed by atoms with van der Waals surface area (Å²) >= 11 is 0. The van der Waals surface area contributed by atoms with Crippen molar-refractivity contribution in [2.24, 2.45) is 0 Å². The number of rotatable bonds is 8. The van der Waals surface area contributed by atoms with E-state index in [1.54, 1.807) is 19.1 Å². The van der Waals surface area contributed by atoms with Crippen LogP contribution in [-0.4, -0.2) is 56.0 Å². The van der Waals surface area contributed by atoms with Crippen LogP contribution in [-0.2, 0) is 16.0 Å². The molecule has 0 aliphatic carbocycles. The number of hydrogen-bond donors (Lipinski definition) is 2. The second kappa shape index (κ2) is 9.27. The summed E-state index contributed by atoms with van der Waals surface area (Å²) in [7, 11) is 3.39. The lowest BCUT2D eigenvalue weighted by atomic mass is 10.1. The minimum absolute atomic E-state index is 0.0870. The summed E-state index contributed by atoms with van der Waals surface area (Å²) < 4.78 is 5.11. The summed E-state index contributed by atoms with van der Waals surface area (Å²) in [5.41, 5.74) is 0.868. The van der Waals surface area contributed by atoms with Gasteiger partial charge in [-0.05, 0) is 51.9 Å². The molecule has 24 heavy (non-hydrogen) atoms. The summed E-state index contributed by atoms with van der Waals surface area (Å²) in [6, 6.07) is 7.76. The Kier molecular flexibility index (Phi) is 7.71. The lowest BCUT2D eigenvalue weighted by Crippen LogP contribution is -2.46. The number of hydrogen-bond acceptors (Lipinski definition) is 4. The van der Waals surface area contributed by atoms with Gasteiger partial charge in [0.05, 0.1) is 20.2 Å². The van der Waals surface area contributed by atoms with Crippen LogP contribution in [0.4, 0.5) is 0 Å². The van der Waals surface area contributed by atoms with Gasteiger partial charge in [-0.1, -0.05) is 12.1 Å². The van der Waals surface area contributed by atoms with Gasteiger partial charge in [0, 0.05) is 12.1 Å². The van der Waals surface area contributed by atoms with E-state index in [0.717, 1.165) is 17.7 Å². The minimum atomic E-state index is -0.265. The predicted octanol–water partition coefficient (Wildman–Crippen LogP) is 1.20. The van der Waals surface area contributed by atoms with Crippen LogP contribution in [0.2, 0.25) is 0 Å². The lowest BCUT2D eigenvalue weighted by Gasteiger charge is -2.23. The maximum absolute atomic E-state index is 11.9. The van der Waals surface area contributed by atoms with Gasteiger partial charge in [-0.15, -0.1) is 0 Å². The largest absolute Gasteiger partial charge is 0.497 e. The fraction of sp³-hybridized carbons (Fsp3) is 0.556. The van der Waals surface area contributed by atoms with Gasteiger partial charge in [-0.3, -0.25) is 14.5 Å². The fourth-order valence-corrected chi connectivity index (χ4v) is 2.20. The van der Waals surface area contributed by atoms with E-state index in [9.17, 15) is 9.59 Å². The molecule has 1 rings (SSSR count). The van der Waals surface area contributed by atoms with Gasteiger partial charge >= 0.3 is 0 Å². The Balaban J connectivity index is 2.26. The van der Waals surface area contributed by atoms with E-state index in [-0.39, 0.29) is 30.4 Å². The van der Waals surface area contributed by atoms with Crippen molar-refractivity contribution in [2.75, 3.05) is 33.8 Å². The molecule has 0 radical (unpaired) electrons. The number of ether oxygens (including phenoxy) is 1. The molecule has 0 bridgehead atoms. The first-order valence-corrected chi connectivity index (χ1v) is 8.09. The molecular weight excluding hydrogens is 306 g/mol. The van der Waals surface area contributed by atoms with Crippen LogP contribution in [0.25, 0.3) is 0 Å². The summed E-state index contributed by atoms with van der Waals surface area (Å²) in [6.07, 6.45) is 0.754. The van der Waals surface area contributed by atoms with Crippen molar-refractivity contribution in [2.45, 2.75) is 32.7 Å². The van der Waals surface area contributed by atoms with E-state index < -0.39 is 0 Å². The Hall–Kier alpha value is -2.08. The zero-order valence-electron chi connectivity index (χ0n) is 15.3. The average Bonchev–Trinajstić information content (AvgIpc) is 2.45. The van der Waals surface area contributed by atoms with Gasteiger partial charge in [0.2, 0.25) is 11.8 Å². The summed E-state index contributed by atoms with van der Waals surface area (Å²) in [5, 5.41) is 5.74. The summed E-state index contributed by atoms with van der Waals surface area (Å²) in [5.74, 6) is 0.642. The molecule has 134 valence electrons. The molecule has 6 heteroatoms. The molecule has 0 saturated heterocycles. The summed E-state index contributed by atoms with van der Waals surface area (Å²) in [6.45, 7) is 6.74. The van der Waals surface area contributed by atoms with Crippen molar-refractivity contribution in [3.63, 3.8) is 0 Å². The third kappa shape index (κ3) is 8.53. The van der Waals surface area contributed by atoms with Crippen LogP contribution in [0.1, 0.15) is 26.3 Å². The van der Waals surface area contributed by atoms with Crippen molar-refractivity contribution in [1.82, 2.24) is 15.5 Å². The Morgan fingerprint density at radius 3 is 2.21 bits per heavy atom. The molecule has 6 nitrogen and oxygen atoms in total. The molecule has 2 amide bonds. The average molecular weight is 335 g/mol. The Morgan fingerprint density at radius 2 is 1.67 bits per heavy atom. The third-order valence-electron chi connectivity index (χ3n) is 3.24. The maximum Gasteiger partial charge on any atom is 0.234 e. The molecular formula is C18H29N3O3. The molecule has 0 spiro atoms. The molecule has 1 aromatic rings. The van der Waals surface area contributed by atoms with Gasteiger partial charge in [0.25, 0.3) is 0 Å². The van der Waals surface area contributed by atoms with Gasteiger partial charge in [0.15, 0.2) is 0 Å². The molecule has 0 aromatic heterocycles. The van der Waals surface area contributed by atoms with Crippen molar-refractivity contribution in [3.8, 4) is 5.75 Å². The maximum atomic E-state index is 11.9. The molecule has 0 atom stereocenters. The normalized spacial score (nSPS) is 11.2. The monoisotopic (exact) mass is 335 g/mol. The number of carbonyl (C=O) groups is 2. The first-order valence-electron chi connectivity index (χ1n) is 8.09. The van der Waals surface area contributed by atoms with E-state index in [1.165, 1.54) is 0 Å². The molecule has 1 aromatic carbocycles. The zero-order chi connectivity index (χ0) is 18.2. The Bertz CT molecular complexity index is 535. The van der Waals surface area contributed by atoms with Crippen LogP contribution in [0, 0.1) is 0 Å². The van der Waals surface area contributed by atoms with E-state index in [1.807, 2.05) is 45.0 Å². The molecule has 2 N–H and O–H groups in total. The molecule has 0 fully saturated rings. The van der Waals surface area contributed by atoms with Crippen molar-refractivity contribution in [1.29, 1.82) is 0 Å². The molecule has 0 aliphatic rings. The summed E-state index contributed by atoms with van der Waals surface area (Å²) in [4.78, 5) is 25.4. The number of methoxy groups -OCH3 is 1. The standard InChI is InChI=1S/C18H29N3O3/c1-18(2,3)20-17(23)13-21(4)12-16(22)19-11-10-14-6-8-15(24-5)9-7-14/h6-9H,10-13H2,1-5H3,(H,19,22)(H,20,23). The van der Waals surface area contributed by atoms with Gasteiger partial charge in [0.1, 0.15) is 5.75 Å². The number of benzene rings is 1. The SMILES string of the molecule is COc1ccc(CCNC(=O)CN(C)CC(=O)NC(C)(C)C)cc1. The number of likely N-dealkylation sites (N-methyl/N-ethyl adjacent to an activating group) is 1. The highest BCUT2D eigenvalue weighted by Crippen LogP contribution is 2.11. The van der Waals surface area contributed by atoms with E-state index >= 15 is 0 Å². The molecule has 0 aliphatic heterocycles. The van der Waals surface area contributed by atoms with Crippen LogP contribution in [0.3, 0.4) is 0 Å². The van der Waals surface area contributed by atoms with Gasteiger partial charge in [-0.2, -0.15) is 0 Å². The smallest absolute Gasteiger partial charge is 0.234 e. The van der Waals surface area contributed by atoms with E-state index in [0.29, 0.717) is 6.54 Å². The first-order chi connectivity index (χ1) is 11.2. The minimum Gasteiger partial charge on any atom is -0.497 e. The topological polar surface area (TPSA) is 70.7 Å². The second-order valence-corrected chi connectivity index (χ2v) is 6.92. The fourth-order valence-electron chi connectivity index (χ4n) is 2.20. The number of carbonyl (C=O) groups excluding carboxylic acids is 2. The van der Waals surface area contributed by atoms with Crippen LogP contribution in [0.5, 0.6) is 5.75 Å². The highest BCUT2D eigenvalue weighted by Gasteiger charge is 2.16. The molecule has 0 heterocycles. The number of nitrogens with one attached hydrogen (secondary N) is 2. The van der Waals surface area contributed by atoms with Crippen LogP contribution < -0.4 is 15.4 Å². The lowest BCUT2D eigenvalue weighted by molar-refractivity contribution is -0.125. The Labute approximate surface area is 144 Å². The van der Waals surface area contributed by atoms with Gasteiger partial charge < -0.3 is 15.4 Å². The predicted molar refractivity (Wildman–Crippen MR) is 95.1 cm³/mol. The highest BCUT2D eigenvalue weighted by molar-refractivity contribution is 5.81. The second-order valence-electron chi connectivity index (χ2n) is 6.92. The number of nitrogens with zero attached hydrogens (tertiary/aromatic N) is 1. The highest BCUT2D eigenvalue weighted by atomic mass is 16.5. The van der Waals surface area contributed by atoms with Crippen molar-refractivity contribution < 1.29 is 14.3 Å². The molecule has 0 saturated carbocycles. The van der Waals surface area contributed by atoms with E-state index in [4.69, 9.17) is 4.74 Å². The Morgan fingerprint density at radius 1 is 1.08 bits per heavy atom.